The first-order chi connectivity index (χ1) is 12.1. The lowest BCUT2D eigenvalue weighted by Gasteiger charge is -2.19. The number of fused-ring (bicyclic) bond motifs is 1. The standard InChI is InChI=1S/C16H13ClF3NO4S/c1-21(8-10-2-5-13-14(6-10)25-9-24-13)26(22,23)15-7-11(16(18,19)20)3-4-12(15)17/h2-7H,8-9H2,1H3. The van der Waals surface area contributed by atoms with Crippen molar-refractivity contribution in [2.24, 2.45) is 0 Å². The molecule has 26 heavy (non-hydrogen) atoms. The van der Waals surface area contributed by atoms with Crippen molar-refractivity contribution in [2.45, 2.75) is 17.6 Å². The molecule has 0 fully saturated rings. The average molecular weight is 408 g/mol. The van der Waals surface area contributed by atoms with Gasteiger partial charge in [-0.25, -0.2) is 8.42 Å². The molecule has 0 aromatic heterocycles. The maximum absolute atomic E-state index is 12.9. The molecule has 0 saturated heterocycles. The molecule has 1 aliphatic heterocycles. The van der Waals surface area contributed by atoms with Crippen molar-refractivity contribution >= 4 is 21.6 Å². The number of rotatable bonds is 4. The van der Waals surface area contributed by atoms with Crippen LogP contribution in [0.2, 0.25) is 5.02 Å². The highest BCUT2D eigenvalue weighted by molar-refractivity contribution is 7.89. The first-order valence-corrected chi connectivity index (χ1v) is 9.12. The summed E-state index contributed by atoms with van der Waals surface area (Å²) in [7, 11) is -2.97. The van der Waals surface area contributed by atoms with Crippen LogP contribution in [-0.2, 0) is 22.7 Å². The van der Waals surface area contributed by atoms with Gasteiger partial charge < -0.3 is 9.47 Å². The molecule has 0 unspecified atom stereocenters. The van der Waals surface area contributed by atoms with E-state index in [9.17, 15) is 21.6 Å². The van der Waals surface area contributed by atoms with Gasteiger partial charge in [0.05, 0.1) is 10.6 Å². The average Bonchev–Trinajstić information content (AvgIpc) is 3.01. The van der Waals surface area contributed by atoms with E-state index in [0.29, 0.717) is 23.1 Å². The predicted molar refractivity (Wildman–Crippen MR) is 87.7 cm³/mol. The molecule has 1 heterocycles. The number of benzene rings is 2. The van der Waals surface area contributed by atoms with Crippen LogP contribution in [0.5, 0.6) is 11.5 Å². The second-order valence-corrected chi connectivity index (χ2v) is 8.01. The van der Waals surface area contributed by atoms with Gasteiger partial charge in [0.15, 0.2) is 11.5 Å². The van der Waals surface area contributed by atoms with Gasteiger partial charge in [-0.2, -0.15) is 17.5 Å². The minimum Gasteiger partial charge on any atom is -0.454 e. The summed E-state index contributed by atoms with van der Waals surface area (Å²) < 4.78 is 75.4. The normalized spacial score (nSPS) is 14.1. The Labute approximate surface area is 152 Å². The Morgan fingerprint density at radius 2 is 1.81 bits per heavy atom. The molecule has 0 radical (unpaired) electrons. The third kappa shape index (κ3) is 3.60. The summed E-state index contributed by atoms with van der Waals surface area (Å²) in [6.07, 6.45) is -4.68. The zero-order valence-corrected chi connectivity index (χ0v) is 15.0. The maximum atomic E-state index is 12.9. The summed E-state index contributed by atoms with van der Waals surface area (Å²) in [6, 6.07) is 7.09. The predicted octanol–water partition coefficient (Wildman–Crippen LogP) is 3.91. The summed E-state index contributed by atoms with van der Waals surface area (Å²) in [5, 5.41) is -0.282. The SMILES string of the molecule is CN(Cc1ccc2c(c1)OCO2)S(=O)(=O)c1cc(C(F)(F)F)ccc1Cl. The summed E-state index contributed by atoms with van der Waals surface area (Å²) in [5.74, 6) is 1.02. The van der Waals surface area contributed by atoms with Crippen LogP contribution in [0.3, 0.4) is 0 Å². The highest BCUT2D eigenvalue weighted by atomic mass is 35.5. The lowest BCUT2D eigenvalue weighted by atomic mass is 10.2. The minimum absolute atomic E-state index is 0.0762. The van der Waals surface area contributed by atoms with E-state index in [-0.39, 0.29) is 18.4 Å². The number of nitrogens with zero attached hydrogens (tertiary/aromatic N) is 1. The zero-order valence-electron chi connectivity index (χ0n) is 13.4. The van der Waals surface area contributed by atoms with Crippen LogP contribution in [0.4, 0.5) is 13.2 Å². The summed E-state index contributed by atoms with van der Waals surface area (Å²) in [6.45, 7) is -0.00167. The van der Waals surface area contributed by atoms with Gasteiger partial charge in [0.1, 0.15) is 4.90 Å². The zero-order chi connectivity index (χ0) is 19.1. The smallest absolute Gasteiger partial charge is 0.416 e. The molecule has 0 saturated carbocycles. The van der Waals surface area contributed by atoms with Crippen molar-refractivity contribution in [1.82, 2.24) is 4.31 Å². The van der Waals surface area contributed by atoms with Crippen LogP contribution in [-0.4, -0.2) is 26.6 Å². The molecule has 0 atom stereocenters. The molecule has 5 nitrogen and oxygen atoms in total. The van der Waals surface area contributed by atoms with Crippen molar-refractivity contribution in [3.8, 4) is 11.5 Å². The molecular weight excluding hydrogens is 395 g/mol. The van der Waals surface area contributed by atoms with Crippen LogP contribution in [0.15, 0.2) is 41.3 Å². The topological polar surface area (TPSA) is 55.8 Å². The molecule has 1 aliphatic rings. The number of hydrogen-bond donors (Lipinski definition) is 0. The van der Waals surface area contributed by atoms with Crippen molar-refractivity contribution in [3.63, 3.8) is 0 Å². The van der Waals surface area contributed by atoms with Gasteiger partial charge in [-0.15, -0.1) is 0 Å². The Balaban J connectivity index is 1.90. The summed E-state index contributed by atoms with van der Waals surface area (Å²) in [5.41, 5.74) is -0.500. The fraction of sp³-hybridized carbons (Fsp3) is 0.250. The Hall–Kier alpha value is -1.97. The molecular formula is C16H13ClF3NO4S. The number of halogens is 4. The Kier molecular flexibility index (Phi) is 4.80. The molecule has 0 spiro atoms. The lowest BCUT2D eigenvalue weighted by Crippen LogP contribution is -2.27. The quantitative estimate of drug-likeness (QED) is 0.771. The maximum Gasteiger partial charge on any atom is 0.416 e. The Morgan fingerprint density at radius 3 is 2.50 bits per heavy atom. The molecule has 2 aromatic carbocycles. The molecule has 0 bridgehead atoms. The van der Waals surface area contributed by atoms with Crippen molar-refractivity contribution in [3.05, 3.63) is 52.5 Å². The van der Waals surface area contributed by atoms with Gasteiger partial charge in [0.2, 0.25) is 16.8 Å². The van der Waals surface area contributed by atoms with E-state index < -0.39 is 26.7 Å². The number of hydrogen-bond acceptors (Lipinski definition) is 4. The van der Waals surface area contributed by atoms with Gasteiger partial charge in [0.25, 0.3) is 0 Å². The van der Waals surface area contributed by atoms with Gasteiger partial charge in [-0.05, 0) is 35.9 Å². The molecule has 0 N–H and O–H groups in total. The van der Waals surface area contributed by atoms with E-state index in [1.54, 1.807) is 18.2 Å². The van der Waals surface area contributed by atoms with Crippen molar-refractivity contribution < 1.29 is 31.1 Å². The van der Waals surface area contributed by atoms with Crippen LogP contribution in [0.25, 0.3) is 0 Å². The lowest BCUT2D eigenvalue weighted by molar-refractivity contribution is -0.137. The van der Waals surface area contributed by atoms with E-state index in [1.165, 1.54) is 7.05 Å². The highest BCUT2D eigenvalue weighted by Crippen LogP contribution is 2.35. The van der Waals surface area contributed by atoms with Gasteiger partial charge >= 0.3 is 6.18 Å². The number of ether oxygens (including phenoxy) is 2. The molecule has 0 amide bonds. The van der Waals surface area contributed by atoms with E-state index in [0.717, 1.165) is 16.4 Å². The molecule has 140 valence electrons. The van der Waals surface area contributed by atoms with Crippen molar-refractivity contribution in [1.29, 1.82) is 0 Å². The van der Waals surface area contributed by atoms with E-state index in [1.807, 2.05) is 0 Å². The summed E-state index contributed by atoms with van der Waals surface area (Å²) in [4.78, 5) is -0.600. The first-order valence-electron chi connectivity index (χ1n) is 7.30. The number of sulfonamides is 1. The van der Waals surface area contributed by atoms with Crippen LogP contribution in [0.1, 0.15) is 11.1 Å². The van der Waals surface area contributed by atoms with Crippen molar-refractivity contribution in [2.75, 3.05) is 13.8 Å². The third-order valence-electron chi connectivity index (χ3n) is 3.79. The molecule has 0 aliphatic carbocycles. The Morgan fingerprint density at radius 1 is 1.12 bits per heavy atom. The first kappa shape index (κ1) is 18.8. The van der Waals surface area contributed by atoms with E-state index >= 15 is 0 Å². The van der Waals surface area contributed by atoms with Crippen LogP contribution in [0, 0.1) is 0 Å². The fourth-order valence-electron chi connectivity index (χ4n) is 2.43. The second-order valence-electron chi connectivity index (χ2n) is 5.59. The van der Waals surface area contributed by atoms with Gasteiger partial charge in [-0.3, -0.25) is 0 Å². The fourth-order valence-corrected chi connectivity index (χ4v) is 4.08. The molecule has 2 aromatic rings. The van der Waals surface area contributed by atoms with Crippen LogP contribution >= 0.6 is 11.6 Å². The summed E-state index contributed by atoms with van der Waals surface area (Å²) >= 11 is 5.84. The van der Waals surface area contributed by atoms with Gasteiger partial charge in [0, 0.05) is 13.6 Å². The second kappa shape index (κ2) is 6.64. The highest BCUT2D eigenvalue weighted by Gasteiger charge is 2.33. The van der Waals surface area contributed by atoms with E-state index in [2.05, 4.69) is 0 Å². The largest absolute Gasteiger partial charge is 0.454 e. The van der Waals surface area contributed by atoms with Gasteiger partial charge in [-0.1, -0.05) is 17.7 Å². The minimum atomic E-state index is -4.68. The number of alkyl halides is 3. The Bertz CT molecular complexity index is 947. The molecule has 3 rings (SSSR count). The van der Waals surface area contributed by atoms with E-state index in [4.69, 9.17) is 21.1 Å². The van der Waals surface area contributed by atoms with Crippen LogP contribution < -0.4 is 9.47 Å². The molecule has 10 heteroatoms. The third-order valence-corrected chi connectivity index (χ3v) is 6.07. The monoisotopic (exact) mass is 407 g/mol.